The molecule has 2 aromatic carbocycles. The molecule has 132 valence electrons. The Balaban J connectivity index is 1.83. The van der Waals surface area contributed by atoms with Gasteiger partial charge in [-0.15, -0.1) is 0 Å². The first-order valence-electron chi connectivity index (χ1n) is 8.51. The zero-order valence-corrected chi connectivity index (χ0v) is 15.9. The molecule has 1 aliphatic heterocycles. The van der Waals surface area contributed by atoms with Gasteiger partial charge in [0.25, 0.3) is 5.91 Å². The molecule has 0 spiro atoms. The van der Waals surface area contributed by atoms with Crippen molar-refractivity contribution in [3.63, 3.8) is 0 Å². The van der Waals surface area contributed by atoms with Gasteiger partial charge in [0, 0.05) is 36.3 Å². The minimum atomic E-state index is -0.147. The van der Waals surface area contributed by atoms with Crippen LogP contribution < -0.4 is 16.0 Å². The summed E-state index contributed by atoms with van der Waals surface area (Å²) in [6.45, 7) is 7.19. The van der Waals surface area contributed by atoms with E-state index in [0.29, 0.717) is 11.3 Å². The number of hydrogen-bond donors (Lipinski definition) is 2. The molecule has 6 heteroatoms. The summed E-state index contributed by atoms with van der Waals surface area (Å²) in [6.07, 6.45) is 0. The van der Waals surface area contributed by atoms with Crippen molar-refractivity contribution in [2.75, 3.05) is 48.7 Å². The molecule has 25 heavy (non-hydrogen) atoms. The Morgan fingerprint density at radius 1 is 1.16 bits per heavy atom. The Morgan fingerprint density at radius 3 is 2.56 bits per heavy atom. The van der Waals surface area contributed by atoms with Gasteiger partial charge in [0.2, 0.25) is 0 Å². The second-order valence-electron chi connectivity index (χ2n) is 6.13. The number of likely N-dealkylation sites (N-methyl/N-ethyl adjacent to an activating group) is 1. The van der Waals surface area contributed by atoms with Crippen LogP contribution >= 0.6 is 15.9 Å². The first-order chi connectivity index (χ1) is 12.1. The van der Waals surface area contributed by atoms with E-state index in [2.05, 4.69) is 38.0 Å². The Labute approximate surface area is 156 Å². The second-order valence-corrected chi connectivity index (χ2v) is 6.99. The molecule has 1 aliphatic rings. The zero-order chi connectivity index (χ0) is 17.8. The lowest BCUT2D eigenvalue weighted by atomic mass is 10.1. The SMILES string of the molecule is CCN1CCN(c2ccc(N)cc2NC(=O)c2ccccc2Br)CC1. The van der Waals surface area contributed by atoms with Gasteiger partial charge in [-0.25, -0.2) is 0 Å². The summed E-state index contributed by atoms with van der Waals surface area (Å²) < 4.78 is 0.773. The first kappa shape index (κ1) is 17.8. The largest absolute Gasteiger partial charge is 0.399 e. The molecule has 5 nitrogen and oxygen atoms in total. The highest BCUT2D eigenvalue weighted by Crippen LogP contribution is 2.30. The van der Waals surface area contributed by atoms with Crippen LogP contribution in [0, 0.1) is 0 Å². The lowest BCUT2D eigenvalue weighted by Crippen LogP contribution is -2.46. The van der Waals surface area contributed by atoms with Gasteiger partial charge in [0.1, 0.15) is 0 Å². The van der Waals surface area contributed by atoms with E-state index in [4.69, 9.17) is 5.73 Å². The summed E-state index contributed by atoms with van der Waals surface area (Å²) in [7, 11) is 0. The number of amides is 1. The number of piperazine rings is 1. The van der Waals surface area contributed by atoms with Gasteiger partial charge in [-0.2, -0.15) is 0 Å². The number of hydrogen-bond acceptors (Lipinski definition) is 4. The van der Waals surface area contributed by atoms with Gasteiger partial charge >= 0.3 is 0 Å². The molecule has 2 aromatic rings. The molecule has 0 radical (unpaired) electrons. The maximum atomic E-state index is 12.7. The lowest BCUT2D eigenvalue weighted by molar-refractivity contribution is 0.102. The molecule has 0 bridgehead atoms. The van der Waals surface area contributed by atoms with E-state index < -0.39 is 0 Å². The van der Waals surface area contributed by atoms with Crippen molar-refractivity contribution in [3.8, 4) is 0 Å². The fourth-order valence-electron chi connectivity index (χ4n) is 3.07. The van der Waals surface area contributed by atoms with Crippen LogP contribution in [0.4, 0.5) is 17.1 Å². The Bertz CT molecular complexity index is 757. The van der Waals surface area contributed by atoms with E-state index in [1.54, 1.807) is 6.07 Å². The summed E-state index contributed by atoms with van der Waals surface area (Å²) in [4.78, 5) is 17.4. The first-order valence-corrected chi connectivity index (χ1v) is 9.30. The Morgan fingerprint density at radius 2 is 1.88 bits per heavy atom. The quantitative estimate of drug-likeness (QED) is 0.768. The highest BCUT2D eigenvalue weighted by atomic mass is 79.9. The van der Waals surface area contributed by atoms with Gasteiger partial charge < -0.3 is 20.9 Å². The molecule has 0 aliphatic carbocycles. The maximum absolute atomic E-state index is 12.7. The van der Waals surface area contributed by atoms with Crippen molar-refractivity contribution in [3.05, 3.63) is 52.5 Å². The van der Waals surface area contributed by atoms with Crippen LogP contribution in [-0.2, 0) is 0 Å². The Kier molecular flexibility index (Phi) is 5.60. The van der Waals surface area contributed by atoms with Crippen LogP contribution in [0.1, 0.15) is 17.3 Å². The molecule has 1 saturated heterocycles. The third-order valence-corrected chi connectivity index (χ3v) is 5.24. The van der Waals surface area contributed by atoms with E-state index in [1.165, 1.54) is 0 Å². The zero-order valence-electron chi connectivity index (χ0n) is 14.3. The highest BCUT2D eigenvalue weighted by Gasteiger charge is 2.20. The number of benzene rings is 2. The van der Waals surface area contributed by atoms with Gasteiger partial charge in [-0.05, 0) is 52.8 Å². The predicted octanol–water partition coefficient (Wildman–Crippen LogP) is 3.43. The third-order valence-electron chi connectivity index (χ3n) is 4.55. The number of anilines is 3. The van der Waals surface area contributed by atoms with E-state index in [0.717, 1.165) is 48.6 Å². The fraction of sp³-hybridized carbons (Fsp3) is 0.316. The standard InChI is InChI=1S/C19H23BrN4O/c1-2-23-9-11-24(12-10-23)18-8-7-14(21)13-17(18)22-19(25)15-5-3-4-6-16(15)20/h3-8,13H,2,9-12,21H2,1H3,(H,22,25). The minimum absolute atomic E-state index is 0.147. The summed E-state index contributed by atoms with van der Waals surface area (Å²) >= 11 is 3.43. The summed E-state index contributed by atoms with van der Waals surface area (Å²) in [5.41, 5.74) is 8.97. The number of nitrogen functional groups attached to an aromatic ring is 1. The average Bonchev–Trinajstić information content (AvgIpc) is 2.62. The van der Waals surface area contributed by atoms with Crippen molar-refractivity contribution >= 4 is 38.9 Å². The monoisotopic (exact) mass is 402 g/mol. The normalized spacial score (nSPS) is 15.2. The van der Waals surface area contributed by atoms with E-state index in [-0.39, 0.29) is 5.91 Å². The number of carbonyl (C=O) groups excluding carboxylic acids is 1. The summed E-state index contributed by atoms with van der Waals surface area (Å²) in [5.74, 6) is -0.147. The molecule has 0 unspecified atom stereocenters. The molecular weight excluding hydrogens is 380 g/mol. The van der Waals surface area contributed by atoms with Crippen LogP contribution in [0.2, 0.25) is 0 Å². The number of carbonyl (C=O) groups is 1. The molecule has 1 heterocycles. The van der Waals surface area contributed by atoms with Gasteiger partial charge in [-0.1, -0.05) is 19.1 Å². The molecule has 0 saturated carbocycles. The van der Waals surface area contributed by atoms with Crippen LogP contribution in [-0.4, -0.2) is 43.5 Å². The molecule has 3 N–H and O–H groups in total. The number of nitrogens with one attached hydrogen (secondary N) is 1. The summed E-state index contributed by atoms with van der Waals surface area (Å²) in [6, 6.07) is 13.1. The second kappa shape index (κ2) is 7.89. The highest BCUT2D eigenvalue weighted by molar-refractivity contribution is 9.10. The van der Waals surface area contributed by atoms with Gasteiger partial charge in [0.05, 0.1) is 16.9 Å². The Hall–Kier alpha value is -2.05. The number of nitrogens with two attached hydrogens (primary N) is 1. The number of rotatable bonds is 4. The predicted molar refractivity (Wildman–Crippen MR) is 107 cm³/mol. The molecule has 3 rings (SSSR count). The van der Waals surface area contributed by atoms with E-state index in [9.17, 15) is 4.79 Å². The molecule has 0 aromatic heterocycles. The lowest BCUT2D eigenvalue weighted by Gasteiger charge is -2.36. The fourth-order valence-corrected chi connectivity index (χ4v) is 3.53. The third kappa shape index (κ3) is 4.14. The molecule has 0 atom stereocenters. The number of halogens is 1. The average molecular weight is 403 g/mol. The van der Waals surface area contributed by atoms with Gasteiger partial charge in [-0.3, -0.25) is 4.79 Å². The van der Waals surface area contributed by atoms with Crippen molar-refractivity contribution in [2.45, 2.75) is 6.92 Å². The van der Waals surface area contributed by atoms with Crippen molar-refractivity contribution in [1.29, 1.82) is 0 Å². The van der Waals surface area contributed by atoms with Crippen molar-refractivity contribution in [1.82, 2.24) is 4.90 Å². The number of nitrogens with zero attached hydrogens (tertiary/aromatic N) is 2. The van der Waals surface area contributed by atoms with Gasteiger partial charge in [0.15, 0.2) is 0 Å². The van der Waals surface area contributed by atoms with E-state index >= 15 is 0 Å². The molecular formula is C19H23BrN4O. The van der Waals surface area contributed by atoms with Crippen LogP contribution in [0.3, 0.4) is 0 Å². The smallest absolute Gasteiger partial charge is 0.256 e. The minimum Gasteiger partial charge on any atom is -0.399 e. The van der Waals surface area contributed by atoms with E-state index in [1.807, 2.05) is 36.4 Å². The molecule has 1 amide bonds. The van der Waals surface area contributed by atoms with Crippen LogP contribution in [0.25, 0.3) is 0 Å². The van der Waals surface area contributed by atoms with Crippen molar-refractivity contribution < 1.29 is 4.79 Å². The van der Waals surface area contributed by atoms with Crippen LogP contribution in [0.15, 0.2) is 46.9 Å². The topological polar surface area (TPSA) is 61.6 Å². The maximum Gasteiger partial charge on any atom is 0.256 e. The van der Waals surface area contributed by atoms with Crippen molar-refractivity contribution in [2.24, 2.45) is 0 Å². The van der Waals surface area contributed by atoms with Crippen LogP contribution in [0.5, 0.6) is 0 Å². The molecule has 1 fully saturated rings. The summed E-state index contributed by atoms with van der Waals surface area (Å²) in [5, 5.41) is 3.03.